The Balaban J connectivity index is 1.81. The summed E-state index contributed by atoms with van der Waals surface area (Å²) in [5, 5.41) is 20.4. The van der Waals surface area contributed by atoms with E-state index in [2.05, 4.69) is 4.98 Å². The van der Waals surface area contributed by atoms with E-state index < -0.39 is 16.7 Å². The van der Waals surface area contributed by atoms with Crippen molar-refractivity contribution in [3.63, 3.8) is 0 Å². The first-order valence-corrected chi connectivity index (χ1v) is 8.44. The van der Waals surface area contributed by atoms with Gasteiger partial charge in [-0.3, -0.25) is 10.1 Å². The van der Waals surface area contributed by atoms with Crippen molar-refractivity contribution < 1.29 is 22.8 Å². The van der Waals surface area contributed by atoms with Gasteiger partial charge in [-0.25, -0.2) is 4.98 Å². The standard InChI is InChI=1S/C21H12F3N3O3/c22-21(23,24)17-7-3-14(4-8-17)12-16(13-25)15-5-9-18(10-6-15)30-20-19(27(28)29)2-1-11-26-20/h1-12H. The van der Waals surface area contributed by atoms with E-state index in [1.807, 2.05) is 6.07 Å². The molecule has 3 aromatic rings. The van der Waals surface area contributed by atoms with Crippen molar-refractivity contribution in [3.05, 3.63) is 93.7 Å². The second-order valence-corrected chi connectivity index (χ2v) is 6.00. The number of allylic oxidation sites excluding steroid dienone is 1. The van der Waals surface area contributed by atoms with Crippen LogP contribution in [0.5, 0.6) is 11.6 Å². The van der Waals surface area contributed by atoms with Gasteiger partial charge in [0, 0.05) is 12.3 Å². The number of halogens is 3. The molecule has 0 aliphatic carbocycles. The zero-order valence-electron chi connectivity index (χ0n) is 15.1. The average molecular weight is 411 g/mol. The van der Waals surface area contributed by atoms with Gasteiger partial charge in [0.15, 0.2) is 0 Å². The first kappa shape index (κ1) is 20.5. The number of hydrogen-bond acceptors (Lipinski definition) is 5. The normalized spacial score (nSPS) is 11.6. The lowest BCUT2D eigenvalue weighted by atomic mass is 10.0. The lowest BCUT2D eigenvalue weighted by Crippen LogP contribution is -2.03. The third kappa shape index (κ3) is 4.80. The van der Waals surface area contributed by atoms with Gasteiger partial charge in [-0.2, -0.15) is 18.4 Å². The molecule has 2 aromatic carbocycles. The van der Waals surface area contributed by atoms with Crippen molar-refractivity contribution >= 4 is 17.3 Å². The molecule has 3 rings (SSSR count). The van der Waals surface area contributed by atoms with Crippen molar-refractivity contribution in [2.24, 2.45) is 0 Å². The van der Waals surface area contributed by atoms with Crippen LogP contribution in [0.15, 0.2) is 66.9 Å². The largest absolute Gasteiger partial charge is 0.434 e. The van der Waals surface area contributed by atoms with E-state index in [1.165, 1.54) is 48.7 Å². The lowest BCUT2D eigenvalue weighted by Gasteiger charge is -2.07. The van der Waals surface area contributed by atoms with Crippen molar-refractivity contribution in [2.45, 2.75) is 6.18 Å². The topological polar surface area (TPSA) is 89.0 Å². The van der Waals surface area contributed by atoms with Gasteiger partial charge in [-0.05, 0) is 59.7 Å². The molecule has 9 heteroatoms. The molecular weight excluding hydrogens is 399 g/mol. The summed E-state index contributed by atoms with van der Waals surface area (Å²) in [5.74, 6) is 0.100. The fourth-order valence-corrected chi connectivity index (χ4v) is 2.53. The summed E-state index contributed by atoms with van der Waals surface area (Å²) >= 11 is 0. The Hall–Kier alpha value is -4.19. The van der Waals surface area contributed by atoms with Gasteiger partial charge in [0.2, 0.25) is 0 Å². The SMILES string of the molecule is N#CC(=Cc1ccc(C(F)(F)F)cc1)c1ccc(Oc2ncccc2[N+](=O)[O-])cc1. The molecule has 0 bridgehead atoms. The van der Waals surface area contributed by atoms with Crippen LogP contribution in [-0.2, 0) is 6.18 Å². The van der Waals surface area contributed by atoms with Gasteiger partial charge in [0.25, 0.3) is 5.88 Å². The summed E-state index contributed by atoms with van der Waals surface area (Å²) in [6.07, 6.45) is -1.62. The summed E-state index contributed by atoms with van der Waals surface area (Å²) in [6.45, 7) is 0. The predicted molar refractivity (Wildman–Crippen MR) is 102 cm³/mol. The minimum atomic E-state index is -4.43. The molecule has 30 heavy (non-hydrogen) atoms. The fraction of sp³-hybridized carbons (Fsp3) is 0.0476. The maximum Gasteiger partial charge on any atom is 0.416 e. The van der Waals surface area contributed by atoms with Gasteiger partial charge >= 0.3 is 11.9 Å². The highest BCUT2D eigenvalue weighted by Gasteiger charge is 2.29. The average Bonchev–Trinajstić information content (AvgIpc) is 2.72. The van der Waals surface area contributed by atoms with Crippen LogP contribution in [0.2, 0.25) is 0 Å². The van der Waals surface area contributed by atoms with Crippen molar-refractivity contribution in [1.29, 1.82) is 5.26 Å². The quantitative estimate of drug-likeness (QED) is 0.227. The van der Waals surface area contributed by atoms with Crippen LogP contribution in [0.25, 0.3) is 11.6 Å². The molecule has 0 fully saturated rings. The minimum Gasteiger partial charge on any atom is -0.434 e. The monoisotopic (exact) mass is 411 g/mol. The number of nitrogens with zero attached hydrogens (tertiary/aromatic N) is 3. The van der Waals surface area contributed by atoms with Gasteiger partial charge in [-0.1, -0.05) is 12.1 Å². The van der Waals surface area contributed by atoms with Crippen LogP contribution in [0.3, 0.4) is 0 Å². The minimum absolute atomic E-state index is 0.170. The number of alkyl halides is 3. The first-order chi connectivity index (χ1) is 14.3. The molecule has 0 atom stereocenters. The van der Waals surface area contributed by atoms with Crippen LogP contribution in [0, 0.1) is 21.4 Å². The summed E-state index contributed by atoms with van der Waals surface area (Å²) < 4.78 is 43.4. The molecule has 0 saturated carbocycles. The zero-order chi connectivity index (χ0) is 21.7. The molecule has 0 aliphatic rings. The van der Waals surface area contributed by atoms with Crippen LogP contribution in [0.1, 0.15) is 16.7 Å². The summed E-state index contributed by atoms with van der Waals surface area (Å²) in [5.41, 5.74) is 0.0964. The zero-order valence-corrected chi connectivity index (χ0v) is 15.1. The molecule has 0 spiro atoms. The third-order valence-corrected chi connectivity index (χ3v) is 4.00. The molecule has 1 aromatic heterocycles. The Labute approximate surface area is 168 Å². The highest BCUT2D eigenvalue weighted by Crippen LogP contribution is 2.31. The number of ether oxygens (including phenoxy) is 1. The summed E-state index contributed by atoms with van der Waals surface area (Å²) in [7, 11) is 0. The van der Waals surface area contributed by atoms with E-state index >= 15 is 0 Å². The smallest absolute Gasteiger partial charge is 0.416 e. The fourth-order valence-electron chi connectivity index (χ4n) is 2.53. The molecule has 6 nitrogen and oxygen atoms in total. The Morgan fingerprint density at radius 1 is 1.10 bits per heavy atom. The maximum atomic E-state index is 12.7. The first-order valence-electron chi connectivity index (χ1n) is 8.44. The molecule has 0 N–H and O–H groups in total. The summed E-state index contributed by atoms with van der Waals surface area (Å²) in [6, 6.07) is 15.2. The molecule has 0 amide bonds. The molecular formula is C21H12F3N3O3. The third-order valence-electron chi connectivity index (χ3n) is 4.00. The number of hydrogen-bond donors (Lipinski definition) is 0. The Morgan fingerprint density at radius 3 is 2.33 bits per heavy atom. The van der Waals surface area contributed by atoms with Crippen LogP contribution >= 0.6 is 0 Å². The predicted octanol–water partition coefficient (Wildman–Crippen LogP) is 5.87. The number of pyridine rings is 1. The van der Waals surface area contributed by atoms with E-state index in [0.717, 1.165) is 12.1 Å². The molecule has 0 aliphatic heterocycles. The van der Waals surface area contributed by atoms with Gasteiger partial charge in [0.1, 0.15) is 5.75 Å². The van der Waals surface area contributed by atoms with E-state index in [0.29, 0.717) is 11.1 Å². The number of rotatable bonds is 5. The van der Waals surface area contributed by atoms with Gasteiger partial charge in [-0.15, -0.1) is 0 Å². The Morgan fingerprint density at radius 2 is 1.77 bits per heavy atom. The van der Waals surface area contributed by atoms with Crippen molar-refractivity contribution in [2.75, 3.05) is 0 Å². The Bertz CT molecular complexity index is 1130. The molecule has 150 valence electrons. The number of benzene rings is 2. The molecule has 0 unspecified atom stereocenters. The van der Waals surface area contributed by atoms with Crippen molar-refractivity contribution in [3.8, 4) is 17.7 Å². The second-order valence-electron chi connectivity index (χ2n) is 6.00. The maximum absolute atomic E-state index is 12.7. The number of aromatic nitrogens is 1. The van der Waals surface area contributed by atoms with E-state index in [1.54, 1.807) is 12.1 Å². The van der Waals surface area contributed by atoms with Crippen LogP contribution < -0.4 is 4.74 Å². The van der Waals surface area contributed by atoms with Gasteiger partial charge < -0.3 is 4.74 Å². The highest BCUT2D eigenvalue weighted by molar-refractivity contribution is 5.89. The van der Waals surface area contributed by atoms with Gasteiger partial charge in [0.05, 0.1) is 22.1 Å². The number of nitro groups is 1. The van der Waals surface area contributed by atoms with Crippen LogP contribution in [0.4, 0.5) is 18.9 Å². The van der Waals surface area contributed by atoms with E-state index in [-0.39, 0.29) is 22.9 Å². The van der Waals surface area contributed by atoms with Crippen LogP contribution in [-0.4, -0.2) is 9.91 Å². The summed E-state index contributed by atoms with van der Waals surface area (Å²) in [4.78, 5) is 14.3. The van der Waals surface area contributed by atoms with Crippen molar-refractivity contribution in [1.82, 2.24) is 4.98 Å². The molecule has 0 saturated heterocycles. The second kappa shape index (κ2) is 8.45. The molecule has 1 heterocycles. The highest BCUT2D eigenvalue weighted by atomic mass is 19.4. The van der Waals surface area contributed by atoms with E-state index in [4.69, 9.17) is 4.74 Å². The number of nitriles is 1. The molecule has 0 radical (unpaired) electrons. The lowest BCUT2D eigenvalue weighted by molar-refractivity contribution is -0.386. The van der Waals surface area contributed by atoms with E-state index in [9.17, 15) is 28.5 Å². The Kier molecular flexibility index (Phi) is 5.78.